The Hall–Kier alpha value is -2.43. The van der Waals surface area contributed by atoms with Crippen molar-refractivity contribution in [2.45, 2.75) is 26.8 Å². The van der Waals surface area contributed by atoms with Gasteiger partial charge in [-0.15, -0.1) is 0 Å². The van der Waals surface area contributed by atoms with Crippen molar-refractivity contribution in [1.82, 2.24) is 0 Å². The first-order chi connectivity index (χ1) is 9.99. The van der Waals surface area contributed by atoms with Gasteiger partial charge in [0.05, 0.1) is 13.2 Å². The van der Waals surface area contributed by atoms with Gasteiger partial charge in [-0.2, -0.15) is 0 Å². The van der Waals surface area contributed by atoms with E-state index in [-0.39, 0.29) is 6.04 Å². The average molecular weight is 288 g/mol. The van der Waals surface area contributed by atoms with Gasteiger partial charge in [0.1, 0.15) is 11.5 Å². The molecule has 0 radical (unpaired) electrons. The molecule has 0 saturated carbocycles. The fourth-order valence-corrected chi connectivity index (χ4v) is 2.26. The number of methoxy groups -OCH3 is 1. The van der Waals surface area contributed by atoms with Crippen LogP contribution in [0.2, 0.25) is 0 Å². The summed E-state index contributed by atoms with van der Waals surface area (Å²) in [5, 5.41) is 6.03. The van der Waals surface area contributed by atoms with Gasteiger partial charge in [0.25, 0.3) is 0 Å². The first-order valence-corrected chi connectivity index (χ1v) is 6.78. The smallest absolute Gasteiger partial charge is 0.411 e. The van der Waals surface area contributed by atoms with Gasteiger partial charge in [-0.3, -0.25) is 5.32 Å². The van der Waals surface area contributed by atoms with Gasteiger partial charge < -0.3 is 14.5 Å². The lowest BCUT2D eigenvalue weighted by Gasteiger charge is -2.15. The number of rotatable bonds is 4. The summed E-state index contributed by atoms with van der Waals surface area (Å²) in [6.45, 7) is 5.96. The van der Waals surface area contributed by atoms with Crippen molar-refractivity contribution in [1.29, 1.82) is 0 Å². The van der Waals surface area contributed by atoms with Crippen molar-refractivity contribution in [3.63, 3.8) is 0 Å². The zero-order chi connectivity index (χ0) is 15.4. The molecular weight excluding hydrogens is 268 g/mol. The Bertz CT molecular complexity index is 634. The van der Waals surface area contributed by atoms with E-state index in [0.29, 0.717) is 5.69 Å². The number of carbonyl (C=O) groups is 1. The van der Waals surface area contributed by atoms with Crippen LogP contribution in [-0.4, -0.2) is 13.2 Å². The highest BCUT2D eigenvalue weighted by molar-refractivity contribution is 5.85. The van der Waals surface area contributed by atoms with E-state index >= 15 is 0 Å². The molecule has 2 aromatic rings. The molecule has 5 nitrogen and oxygen atoms in total. The number of benzene rings is 1. The minimum Gasteiger partial charge on any atom is -0.466 e. The fourth-order valence-electron chi connectivity index (χ4n) is 2.26. The van der Waals surface area contributed by atoms with E-state index in [0.717, 1.165) is 22.8 Å². The van der Waals surface area contributed by atoms with Gasteiger partial charge in [0.2, 0.25) is 0 Å². The molecule has 112 valence electrons. The monoisotopic (exact) mass is 288 g/mol. The van der Waals surface area contributed by atoms with E-state index < -0.39 is 6.09 Å². The number of nitrogens with one attached hydrogen (secondary N) is 2. The van der Waals surface area contributed by atoms with Gasteiger partial charge >= 0.3 is 6.09 Å². The Morgan fingerprint density at radius 3 is 2.57 bits per heavy atom. The van der Waals surface area contributed by atoms with E-state index in [2.05, 4.69) is 22.3 Å². The third-order valence-corrected chi connectivity index (χ3v) is 3.22. The maximum absolute atomic E-state index is 11.2. The normalized spacial score (nSPS) is 11.8. The molecule has 0 fully saturated rings. The van der Waals surface area contributed by atoms with Crippen LogP contribution >= 0.6 is 0 Å². The van der Waals surface area contributed by atoms with Crippen LogP contribution in [0, 0.1) is 13.8 Å². The predicted molar refractivity (Wildman–Crippen MR) is 82.7 cm³/mol. The second-order valence-electron chi connectivity index (χ2n) is 4.93. The van der Waals surface area contributed by atoms with Crippen molar-refractivity contribution in [2.24, 2.45) is 0 Å². The zero-order valence-electron chi connectivity index (χ0n) is 12.7. The molecule has 1 atom stereocenters. The minimum atomic E-state index is -0.485. The summed E-state index contributed by atoms with van der Waals surface area (Å²) in [5.41, 5.74) is 2.72. The maximum Gasteiger partial charge on any atom is 0.411 e. The molecule has 1 unspecified atom stereocenters. The maximum atomic E-state index is 11.2. The summed E-state index contributed by atoms with van der Waals surface area (Å²) in [5.74, 6) is 1.81. The standard InChI is InChI=1S/C16H20N2O3/c1-10-8-15(12(3)21-10)11(2)17-13-6-5-7-14(9-13)18-16(19)20-4/h5-9,11,17H,1-4H3,(H,18,19). The quantitative estimate of drug-likeness (QED) is 0.883. The number of aryl methyl sites for hydroxylation is 2. The fraction of sp³-hybridized carbons (Fsp3) is 0.312. The summed E-state index contributed by atoms with van der Waals surface area (Å²) < 4.78 is 10.1. The Balaban J connectivity index is 2.10. The molecule has 2 rings (SSSR count). The highest BCUT2D eigenvalue weighted by Gasteiger charge is 2.12. The molecule has 1 aromatic heterocycles. The minimum absolute atomic E-state index is 0.107. The van der Waals surface area contributed by atoms with Crippen LogP contribution in [0.15, 0.2) is 34.7 Å². The highest BCUT2D eigenvalue weighted by Crippen LogP contribution is 2.26. The molecule has 1 heterocycles. The first-order valence-electron chi connectivity index (χ1n) is 6.78. The number of carbonyl (C=O) groups excluding carboxylic acids is 1. The van der Waals surface area contributed by atoms with E-state index in [1.165, 1.54) is 7.11 Å². The molecule has 1 amide bonds. The molecule has 0 bridgehead atoms. The lowest BCUT2D eigenvalue weighted by Crippen LogP contribution is -2.11. The summed E-state index contributed by atoms with van der Waals surface area (Å²) in [7, 11) is 1.34. The van der Waals surface area contributed by atoms with Crippen LogP contribution in [0.3, 0.4) is 0 Å². The summed E-state index contributed by atoms with van der Waals surface area (Å²) >= 11 is 0. The number of hydrogen-bond acceptors (Lipinski definition) is 4. The van der Waals surface area contributed by atoms with Crippen LogP contribution in [0.1, 0.15) is 30.0 Å². The summed E-state index contributed by atoms with van der Waals surface area (Å²) in [6.07, 6.45) is -0.485. The third-order valence-electron chi connectivity index (χ3n) is 3.22. The second-order valence-corrected chi connectivity index (χ2v) is 4.93. The van der Waals surface area contributed by atoms with Gasteiger partial charge in [0.15, 0.2) is 0 Å². The van der Waals surface area contributed by atoms with Crippen LogP contribution in [0.5, 0.6) is 0 Å². The van der Waals surface area contributed by atoms with Crippen LogP contribution in [0.25, 0.3) is 0 Å². The molecule has 0 saturated heterocycles. The van der Waals surface area contributed by atoms with Gasteiger partial charge in [-0.1, -0.05) is 6.07 Å². The Labute approximate surface area is 124 Å². The molecule has 2 N–H and O–H groups in total. The number of anilines is 2. The average Bonchev–Trinajstić information content (AvgIpc) is 2.78. The van der Waals surface area contributed by atoms with Gasteiger partial charge in [0, 0.05) is 16.9 Å². The van der Waals surface area contributed by atoms with Gasteiger partial charge in [-0.05, 0) is 45.0 Å². The predicted octanol–water partition coefficient (Wildman–Crippen LogP) is 4.25. The van der Waals surface area contributed by atoms with Crippen LogP contribution < -0.4 is 10.6 Å². The van der Waals surface area contributed by atoms with Gasteiger partial charge in [-0.25, -0.2) is 4.79 Å². The number of hydrogen-bond donors (Lipinski definition) is 2. The highest BCUT2D eigenvalue weighted by atomic mass is 16.5. The van der Waals surface area contributed by atoms with Crippen molar-refractivity contribution < 1.29 is 13.9 Å². The van der Waals surface area contributed by atoms with Crippen molar-refractivity contribution >= 4 is 17.5 Å². The molecular formula is C16H20N2O3. The molecule has 5 heteroatoms. The van der Waals surface area contributed by atoms with E-state index in [4.69, 9.17) is 4.42 Å². The molecule has 21 heavy (non-hydrogen) atoms. The number of ether oxygens (including phenoxy) is 1. The Morgan fingerprint density at radius 2 is 1.95 bits per heavy atom. The third kappa shape index (κ3) is 3.78. The van der Waals surface area contributed by atoms with Crippen LogP contribution in [-0.2, 0) is 4.74 Å². The SMILES string of the molecule is COC(=O)Nc1cccc(NC(C)c2cc(C)oc2C)c1. The molecule has 0 spiro atoms. The largest absolute Gasteiger partial charge is 0.466 e. The molecule has 0 aliphatic rings. The van der Waals surface area contributed by atoms with E-state index in [1.807, 2.05) is 38.1 Å². The number of furan rings is 1. The lowest BCUT2D eigenvalue weighted by molar-refractivity contribution is 0.187. The second kappa shape index (κ2) is 6.35. The summed E-state index contributed by atoms with van der Waals surface area (Å²) in [4.78, 5) is 11.2. The van der Waals surface area contributed by atoms with Crippen LogP contribution in [0.4, 0.5) is 16.2 Å². The van der Waals surface area contributed by atoms with Crippen molar-refractivity contribution in [2.75, 3.05) is 17.7 Å². The van der Waals surface area contributed by atoms with E-state index in [9.17, 15) is 4.79 Å². The zero-order valence-corrected chi connectivity index (χ0v) is 12.7. The van der Waals surface area contributed by atoms with E-state index in [1.54, 1.807) is 6.07 Å². The molecule has 0 aliphatic heterocycles. The lowest BCUT2D eigenvalue weighted by atomic mass is 10.1. The number of amides is 1. The Kier molecular flexibility index (Phi) is 4.52. The first kappa shape index (κ1) is 15.0. The Morgan fingerprint density at radius 1 is 1.24 bits per heavy atom. The molecule has 0 aliphatic carbocycles. The summed E-state index contributed by atoms with van der Waals surface area (Å²) in [6, 6.07) is 9.62. The molecule has 1 aromatic carbocycles. The van der Waals surface area contributed by atoms with Crippen molar-refractivity contribution in [3.05, 3.63) is 47.4 Å². The topological polar surface area (TPSA) is 63.5 Å². The van der Waals surface area contributed by atoms with Crippen molar-refractivity contribution in [3.8, 4) is 0 Å².